The van der Waals surface area contributed by atoms with E-state index in [1.165, 1.54) is 12.1 Å². The summed E-state index contributed by atoms with van der Waals surface area (Å²) in [4.78, 5) is 4.27. The van der Waals surface area contributed by atoms with Crippen molar-refractivity contribution in [2.75, 3.05) is 6.54 Å². The average Bonchev–Trinajstić information content (AvgIpc) is 2.83. The number of benzene rings is 1. The molecular formula is C14H18FN3O. The van der Waals surface area contributed by atoms with E-state index < -0.39 is 0 Å². The fourth-order valence-corrected chi connectivity index (χ4v) is 1.73. The summed E-state index contributed by atoms with van der Waals surface area (Å²) in [5, 5.41) is 7.19. The maximum atomic E-state index is 13.1. The number of hydrogen-bond acceptors (Lipinski definition) is 4. The number of aromatic nitrogens is 2. The maximum Gasteiger partial charge on any atom is 0.227 e. The summed E-state index contributed by atoms with van der Waals surface area (Å²) in [6.07, 6.45) is 1.66. The van der Waals surface area contributed by atoms with Crippen LogP contribution in [-0.4, -0.2) is 22.7 Å². The summed E-state index contributed by atoms with van der Waals surface area (Å²) in [6, 6.07) is 6.66. The van der Waals surface area contributed by atoms with Gasteiger partial charge < -0.3 is 9.84 Å². The molecule has 19 heavy (non-hydrogen) atoms. The highest BCUT2D eigenvalue weighted by molar-refractivity contribution is 5.53. The van der Waals surface area contributed by atoms with E-state index in [1.807, 2.05) is 0 Å². The van der Waals surface area contributed by atoms with Crippen LogP contribution in [-0.2, 0) is 6.42 Å². The molecule has 5 heteroatoms. The molecule has 102 valence electrons. The van der Waals surface area contributed by atoms with E-state index >= 15 is 0 Å². The van der Waals surface area contributed by atoms with Gasteiger partial charge in [-0.1, -0.05) is 31.1 Å². The van der Waals surface area contributed by atoms with Crippen LogP contribution < -0.4 is 5.32 Å². The van der Waals surface area contributed by atoms with Gasteiger partial charge in [0.05, 0.1) is 0 Å². The van der Waals surface area contributed by atoms with E-state index in [0.717, 1.165) is 19.4 Å². The van der Waals surface area contributed by atoms with Crippen LogP contribution in [0.4, 0.5) is 4.39 Å². The lowest BCUT2D eigenvalue weighted by atomic mass is 10.2. The van der Waals surface area contributed by atoms with Gasteiger partial charge in [0.1, 0.15) is 5.82 Å². The number of nitrogens with one attached hydrogen (secondary N) is 1. The SMILES string of the molecule is CC(C)NCCCc1nc(-c2cccc(F)c2)no1. The Hall–Kier alpha value is -1.75. The van der Waals surface area contributed by atoms with Crippen molar-refractivity contribution in [3.05, 3.63) is 36.0 Å². The Labute approximate surface area is 112 Å². The van der Waals surface area contributed by atoms with Crippen LogP contribution in [0.1, 0.15) is 26.2 Å². The Bertz CT molecular complexity index is 525. The zero-order valence-electron chi connectivity index (χ0n) is 11.2. The fraction of sp³-hybridized carbons (Fsp3) is 0.429. The normalized spacial score (nSPS) is 11.2. The van der Waals surface area contributed by atoms with Crippen molar-refractivity contribution in [1.29, 1.82) is 0 Å². The molecule has 0 saturated heterocycles. The molecule has 0 aliphatic carbocycles. The first-order valence-corrected chi connectivity index (χ1v) is 6.47. The molecule has 2 aromatic rings. The highest BCUT2D eigenvalue weighted by Crippen LogP contribution is 2.16. The van der Waals surface area contributed by atoms with E-state index in [0.29, 0.717) is 23.3 Å². The molecule has 1 aromatic heterocycles. The van der Waals surface area contributed by atoms with Gasteiger partial charge in [-0.25, -0.2) is 4.39 Å². The van der Waals surface area contributed by atoms with Crippen LogP contribution in [0.15, 0.2) is 28.8 Å². The number of rotatable bonds is 6. The van der Waals surface area contributed by atoms with Crippen LogP contribution >= 0.6 is 0 Å². The molecule has 0 aliphatic heterocycles. The lowest BCUT2D eigenvalue weighted by Gasteiger charge is -2.05. The summed E-state index contributed by atoms with van der Waals surface area (Å²) in [6.45, 7) is 5.12. The first-order chi connectivity index (χ1) is 9.15. The zero-order chi connectivity index (χ0) is 13.7. The minimum Gasteiger partial charge on any atom is -0.339 e. The summed E-state index contributed by atoms with van der Waals surface area (Å²) < 4.78 is 18.2. The minimum atomic E-state index is -0.301. The van der Waals surface area contributed by atoms with E-state index in [1.54, 1.807) is 12.1 Å². The van der Waals surface area contributed by atoms with Crippen molar-refractivity contribution < 1.29 is 8.91 Å². The first-order valence-electron chi connectivity index (χ1n) is 6.47. The number of hydrogen-bond donors (Lipinski definition) is 1. The number of aryl methyl sites for hydroxylation is 1. The Kier molecular flexibility index (Phi) is 4.63. The topological polar surface area (TPSA) is 51.0 Å². The third kappa shape index (κ3) is 4.13. The van der Waals surface area contributed by atoms with E-state index in [-0.39, 0.29) is 5.82 Å². The van der Waals surface area contributed by atoms with Crippen molar-refractivity contribution in [3.63, 3.8) is 0 Å². The predicted molar refractivity (Wildman–Crippen MR) is 71.2 cm³/mol. The first kappa shape index (κ1) is 13.7. The largest absolute Gasteiger partial charge is 0.339 e. The maximum absolute atomic E-state index is 13.1. The fourth-order valence-electron chi connectivity index (χ4n) is 1.73. The second-order valence-electron chi connectivity index (χ2n) is 4.73. The highest BCUT2D eigenvalue weighted by Gasteiger charge is 2.08. The Balaban J connectivity index is 1.92. The molecule has 4 nitrogen and oxygen atoms in total. The molecule has 1 aromatic carbocycles. The van der Waals surface area contributed by atoms with Crippen LogP contribution in [0.5, 0.6) is 0 Å². The average molecular weight is 263 g/mol. The summed E-state index contributed by atoms with van der Waals surface area (Å²) in [5.74, 6) is 0.723. The van der Waals surface area contributed by atoms with Gasteiger partial charge in [-0.05, 0) is 25.1 Å². The molecule has 1 heterocycles. The molecule has 0 fully saturated rings. The molecular weight excluding hydrogens is 245 g/mol. The molecule has 0 atom stereocenters. The minimum absolute atomic E-state index is 0.301. The Morgan fingerprint density at radius 3 is 2.95 bits per heavy atom. The van der Waals surface area contributed by atoms with Crippen LogP contribution in [0, 0.1) is 5.82 Å². The Morgan fingerprint density at radius 1 is 1.37 bits per heavy atom. The highest BCUT2D eigenvalue weighted by atomic mass is 19.1. The summed E-state index contributed by atoms with van der Waals surface area (Å²) in [7, 11) is 0. The summed E-state index contributed by atoms with van der Waals surface area (Å²) in [5.41, 5.74) is 0.635. The van der Waals surface area contributed by atoms with Gasteiger partial charge in [0, 0.05) is 18.0 Å². The third-order valence-corrected chi connectivity index (χ3v) is 2.67. The van der Waals surface area contributed by atoms with Crippen LogP contribution in [0.3, 0.4) is 0 Å². The predicted octanol–water partition coefficient (Wildman–Crippen LogP) is 2.81. The van der Waals surface area contributed by atoms with Gasteiger partial charge >= 0.3 is 0 Å². The molecule has 0 radical (unpaired) electrons. The Morgan fingerprint density at radius 2 is 2.21 bits per heavy atom. The number of nitrogens with zero attached hydrogens (tertiary/aromatic N) is 2. The van der Waals surface area contributed by atoms with E-state index in [4.69, 9.17) is 4.52 Å². The van der Waals surface area contributed by atoms with Gasteiger partial charge in [-0.3, -0.25) is 0 Å². The van der Waals surface area contributed by atoms with Gasteiger partial charge in [0.15, 0.2) is 0 Å². The molecule has 0 saturated carbocycles. The standard InChI is InChI=1S/C14H18FN3O/c1-10(2)16-8-4-7-13-17-14(18-19-13)11-5-3-6-12(15)9-11/h3,5-6,9-10,16H,4,7-8H2,1-2H3. The number of halogens is 1. The van der Waals surface area contributed by atoms with Gasteiger partial charge in [-0.2, -0.15) is 4.98 Å². The van der Waals surface area contributed by atoms with E-state index in [2.05, 4.69) is 29.3 Å². The van der Waals surface area contributed by atoms with Gasteiger partial charge in [-0.15, -0.1) is 0 Å². The lowest BCUT2D eigenvalue weighted by Crippen LogP contribution is -2.23. The lowest BCUT2D eigenvalue weighted by molar-refractivity contribution is 0.374. The molecule has 0 aliphatic rings. The van der Waals surface area contributed by atoms with Crippen molar-refractivity contribution in [2.45, 2.75) is 32.7 Å². The zero-order valence-corrected chi connectivity index (χ0v) is 11.2. The van der Waals surface area contributed by atoms with Crippen LogP contribution in [0.25, 0.3) is 11.4 Å². The molecule has 0 unspecified atom stereocenters. The van der Waals surface area contributed by atoms with Gasteiger partial charge in [0.2, 0.25) is 11.7 Å². The second kappa shape index (κ2) is 6.43. The summed E-state index contributed by atoms with van der Waals surface area (Å²) >= 11 is 0. The van der Waals surface area contributed by atoms with Gasteiger partial charge in [0.25, 0.3) is 0 Å². The molecule has 0 bridgehead atoms. The molecule has 0 spiro atoms. The monoisotopic (exact) mass is 263 g/mol. The molecule has 1 N–H and O–H groups in total. The van der Waals surface area contributed by atoms with Crippen LogP contribution in [0.2, 0.25) is 0 Å². The molecule has 2 rings (SSSR count). The smallest absolute Gasteiger partial charge is 0.227 e. The van der Waals surface area contributed by atoms with Crippen molar-refractivity contribution in [2.24, 2.45) is 0 Å². The quantitative estimate of drug-likeness (QED) is 0.814. The third-order valence-electron chi connectivity index (χ3n) is 2.67. The van der Waals surface area contributed by atoms with E-state index in [9.17, 15) is 4.39 Å². The second-order valence-corrected chi connectivity index (χ2v) is 4.73. The molecule has 0 amide bonds. The van der Waals surface area contributed by atoms with Crippen molar-refractivity contribution >= 4 is 0 Å². The van der Waals surface area contributed by atoms with Crippen molar-refractivity contribution in [3.8, 4) is 11.4 Å². The van der Waals surface area contributed by atoms with Crippen molar-refractivity contribution in [1.82, 2.24) is 15.5 Å².